The van der Waals surface area contributed by atoms with Gasteiger partial charge in [0.05, 0.1) is 0 Å². The molecule has 2 unspecified atom stereocenters. The number of piperidine rings is 1. The lowest BCUT2D eigenvalue weighted by Crippen LogP contribution is -2.49. The number of rotatable bonds is 10. The van der Waals surface area contributed by atoms with E-state index in [1.807, 2.05) is 6.07 Å². The van der Waals surface area contributed by atoms with Gasteiger partial charge in [-0.1, -0.05) is 43.2 Å². The van der Waals surface area contributed by atoms with E-state index in [2.05, 4.69) is 29.2 Å². The Bertz CT molecular complexity index is 610. The number of ketones is 1. The summed E-state index contributed by atoms with van der Waals surface area (Å²) in [7, 11) is 0. The highest BCUT2D eigenvalue weighted by molar-refractivity contribution is 5.78. The number of aryl methyl sites for hydroxylation is 1. The molecule has 28 heavy (non-hydrogen) atoms. The monoisotopic (exact) mass is 383 g/mol. The van der Waals surface area contributed by atoms with Crippen LogP contribution in [0.5, 0.6) is 0 Å². The molecule has 1 saturated heterocycles. The van der Waals surface area contributed by atoms with Gasteiger partial charge in [-0.25, -0.2) is 0 Å². The second-order valence-corrected chi connectivity index (χ2v) is 8.78. The highest BCUT2D eigenvalue weighted by atomic mass is 16.2. The summed E-state index contributed by atoms with van der Waals surface area (Å²) in [6, 6.07) is 11.0. The minimum Gasteiger partial charge on any atom is -0.339 e. The van der Waals surface area contributed by atoms with Crippen LogP contribution in [0.2, 0.25) is 0 Å². The average Bonchev–Trinajstić information content (AvgIpc) is 2.74. The van der Waals surface area contributed by atoms with Gasteiger partial charge in [-0.15, -0.1) is 0 Å². The predicted octanol–water partition coefficient (Wildman–Crippen LogP) is 5.71. The Morgan fingerprint density at radius 3 is 2.32 bits per heavy atom. The van der Waals surface area contributed by atoms with Gasteiger partial charge in [0, 0.05) is 31.8 Å². The van der Waals surface area contributed by atoms with Gasteiger partial charge >= 0.3 is 0 Å². The molecule has 0 radical (unpaired) electrons. The largest absolute Gasteiger partial charge is 0.339 e. The lowest BCUT2D eigenvalue weighted by Gasteiger charge is -2.44. The molecule has 1 heterocycles. The minimum absolute atomic E-state index is 0.340. The van der Waals surface area contributed by atoms with Gasteiger partial charge in [0.15, 0.2) is 0 Å². The van der Waals surface area contributed by atoms with Crippen molar-refractivity contribution in [2.45, 2.75) is 95.9 Å². The van der Waals surface area contributed by atoms with Gasteiger partial charge in [-0.3, -0.25) is 9.59 Å². The summed E-state index contributed by atoms with van der Waals surface area (Å²) in [5, 5.41) is 0. The van der Waals surface area contributed by atoms with Crippen molar-refractivity contribution in [1.29, 1.82) is 0 Å². The third-order valence-corrected chi connectivity index (χ3v) is 6.67. The van der Waals surface area contributed by atoms with E-state index >= 15 is 0 Å². The van der Waals surface area contributed by atoms with Crippen LogP contribution in [0.4, 0.5) is 0 Å². The molecule has 1 aliphatic heterocycles. The maximum Gasteiger partial charge on any atom is 0.222 e. The minimum atomic E-state index is 0.340. The Morgan fingerprint density at radius 2 is 1.50 bits per heavy atom. The number of Topliss-reactive ketones (excluding diaryl/α,β-unsaturated/α-hetero) is 1. The average molecular weight is 384 g/mol. The highest BCUT2D eigenvalue weighted by Crippen LogP contribution is 2.35. The van der Waals surface area contributed by atoms with Gasteiger partial charge in [0.1, 0.15) is 5.78 Å². The standard InChI is InChI=1S/C25H37NO2/c27-23(16-6-4-13-21-11-2-1-3-12-21)17-7-9-19-25(28)26-20-10-15-22-14-5-8-18-24(22)26/h1-3,11-12,22,24H,4-10,13-20H2. The molecule has 0 spiro atoms. The Labute approximate surface area is 170 Å². The summed E-state index contributed by atoms with van der Waals surface area (Å²) in [5.41, 5.74) is 1.35. The Hall–Kier alpha value is -1.64. The molecule has 154 valence electrons. The second kappa shape index (κ2) is 11.4. The topological polar surface area (TPSA) is 37.4 Å². The zero-order valence-electron chi connectivity index (χ0n) is 17.4. The van der Waals surface area contributed by atoms with Crippen molar-refractivity contribution in [2.24, 2.45) is 5.92 Å². The summed E-state index contributed by atoms with van der Waals surface area (Å²) in [6.07, 6.45) is 14.4. The first kappa shape index (κ1) is 21.1. The molecule has 2 aliphatic rings. The number of carbonyl (C=O) groups excluding carboxylic acids is 2. The first-order chi connectivity index (χ1) is 13.7. The molecule has 1 aromatic rings. The lowest BCUT2D eigenvalue weighted by molar-refractivity contribution is -0.137. The smallest absolute Gasteiger partial charge is 0.222 e. The summed E-state index contributed by atoms with van der Waals surface area (Å²) >= 11 is 0. The van der Waals surface area contributed by atoms with Gasteiger partial charge in [-0.05, 0) is 69.3 Å². The second-order valence-electron chi connectivity index (χ2n) is 8.78. The Balaban J connectivity index is 1.25. The zero-order chi connectivity index (χ0) is 19.6. The molecule has 0 aromatic heterocycles. The van der Waals surface area contributed by atoms with Crippen LogP contribution in [0.1, 0.15) is 89.0 Å². The zero-order valence-corrected chi connectivity index (χ0v) is 17.4. The fourth-order valence-electron chi connectivity index (χ4n) is 5.10. The van der Waals surface area contributed by atoms with Crippen molar-refractivity contribution in [3.8, 4) is 0 Å². The summed E-state index contributed by atoms with van der Waals surface area (Å²) in [4.78, 5) is 27.0. The fourth-order valence-corrected chi connectivity index (χ4v) is 5.10. The van der Waals surface area contributed by atoms with E-state index in [-0.39, 0.29) is 0 Å². The first-order valence-electron chi connectivity index (χ1n) is 11.6. The number of likely N-dealkylation sites (tertiary alicyclic amines) is 1. The van der Waals surface area contributed by atoms with Crippen molar-refractivity contribution in [3.05, 3.63) is 35.9 Å². The van der Waals surface area contributed by atoms with Gasteiger partial charge in [0.2, 0.25) is 5.91 Å². The number of fused-ring (bicyclic) bond motifs is 1. The number of amides is 1. The fraction of sp³-hybridized carbons (Fsp3) is 0.680. The van der Waals surface area contributed by atoms with Crippen LogP contribution in [-0.2, 0) is 16.0 Å². The van der Waals surface area contributed by atoms with E-state index < -0.39 is 0 Å². The highest BCUT2D eigenvalue weighted by Gasteiger charge is 2.35. The maximum atomic E-state index is 12.7. The molecule has 1 aliphatic carbocycles. The van der Waals surface area contributed by atoms with E-state index in [0.717, 1.165) is 44.6 Å². The van der Waals surface area contributed by atoms with Crippen molar-refractivity contribution < 1.29 is 9.59 Å². The molecule has 3 nitrogen and oxygen atoms in total. The van der Waals surface area contributed by atoms with Crippen molar-refractivity contribution in [1.82, 2.24) is 4.90 Å². The van der Waals surface area contributed by atoms with Gasteiger partial charge in [0.25, 0.3) is 0 Å². The van der Waals surface area contributed by atoms with E-state index in [1.165, 1.54) is 44.1 Å². The molecule has 0 bridgehead atoms. The number of unbranched alkanes of at least 4 members (excludes halogenated alkanes) is 2. The van der Waals surface area contributed by atoms with Crippen LogP contribution in [0, 0.1) is 5.92 Å². The number of benzene rings is 1. The summed E-state index contributed by atoms with van der Waals surface area (Å²) in [5.74, 6) is 1.46. The molecule has 1 aromatic carbocycles. The molecule has 0 N–H and O–H groups in total. The number of hydrogen-bond acceptors (Lipinski definition) is 2. The SMILES string of the molecule is O=C(CCCCC(=O)N1CCCC2CCCCC21)CCCCc1ccccc1. The Morgan fingerprint density at radius 1 is 0.821 bits per heavy atom. The molecule has 1 amide bonds. The van der Waals surface area contributed by atoms with Crippen LogP contribution in [-0.4, -0.2) is 29.2 Å². The van der Waals surface area contributed by atoms with Crippen LogP contribution in [0.15, 0.2) is 30.3 Å². The van der Waals surface area contributed by atoms with Gasteiger partial charge in [-0.2, -0.15) is 0 Å². The molecule has 1 saturated carbocycles. The van der Waals surface area contributed by atoms with Crippen LogP contribution >= 0.6 is 0 Å². The van der Waals surface area contributed by atoms with E-state index in [1.54, 1.807) is 0 Å². The van der Waals surface area contributed by atoms with Crippen LogP contribution in [0.3, 0.4) is 0 Å². The molecular formula is C25H37NO2. The molecule has 2 atom stereocenters. The third-order valence-electron chi connectivity index (χ3n) is 6.67. The van der Waals surface area contributed by atoms with E-state index in [4.69, 9.17) is 0 Å². The number of hydrogen-bond donors (Lipinski definition) is 0. The predicted molar refractivity (Wildman–Crippen MR) is 114 cm³/mol. The van der Waals surface area contributed by atoms with Crippen molar-refractivity contribution >= 4 is 11.7 Å². The molecular weight excluding hydrogens is 346 g/mol. The lowest BCUT2D eigenvalue weighted by atomic mass is 9.78. The van der Waals surface area contributed by atoms with Crippen LogP contribution in [0.25, 0.3) is 0 Å². The van der Waals surface area contributed by atoms with E-state index in [9.17, 15) is 9.59 Å². The van der Waals surface area contributed by atoms with E-state index in [0.29, 0.717) is 37.0 Å². The molecule has 3 heteroatoms. The molecule has 3 rings (SSSR count). The number of nitrogens with zero attached hydrogens (tertiary/aromatic N) is 1. The van der Waals surface area contributed by atoms with Gasteiger partial charge < -0.3 is 4.90 Å². The quantitative estimate of drug-likeness (QED) is 0.485. The normalized spacial score (nSPS) is 21.9. The molecule has 2 fully saturated rings. The maximum absolute atomic E-state index is 12.7. The number of carbonyl (C=O) groups is 2. The van der Waals surface area contributed by atoms with Crippen molar-refractivity contribution in [2.75, 3.05) is 6.54 Å². The first-order valence-corrected chi connectivity index (χ1v) is 11.6. The third kappa shape index (κ3) is 6.46. The Kier molecular flexibility index (Phi) is 8.57. The summed E-state index contributed by atoms with van der Waals surface area (Å²) in [6.45, 7) is 0.959. The van der Waals surface area contributed by atoms with Crippen LogP contribution < -0.4 is 0 Å². The van der Waals surface area contributed by atoms with Crippen molar-refractivity contribution in [3.63, 3.8) is 0 Å². The summed E-state index contributed by atoms with van der Waals surface area (Å²) < 4.78 is 0.